The molecule has 0 radical (unpaired) electrons. The number of rotatable bonds is 7. The number of nitrogens with two attached hydrogens (primary N) is 1. The van der Waals surface area contributed by atoms with Crippen molar-refractivity contribution in [3.63, 3.8) is 0 Å². The molecule has 0 aliphatic rings. The molecule has 0 saturated carbocycles. The number of nitrogens with zero attached hydrogens (tertiary/aromatic N) is 1. The largest absolute Gasteiger partial charge is 0.344 e. The maximum absolute atomic E-state index is 12.4. The van der Waals surface area contributed by atoms with E-state index in [1.54, 1.807) is 0 Å². The summed E-state index contributed by atoms with van der Waals surface area (Å²) in [6.07, 6.45) is 4.61. The molecule has 0 atom stereocenters. The first-order chi connectivity index (χ1) is 9.01. The number of aryl methyl sites for hydroxylation is 1. The standard InChI is InChI=1S/C14H24BrN3O/c1-4-7-18-9-11(15)8-12(18)13(19)17-14(5-2,6-3)10-16/h8-9H,4-7,10,16H2,1-3H3,(H,17,19). The van der Waals surface area contributed by atoms with Crippen molar-refractivity contribution >= 4 is 21.8 Å². The van der Waals surface area contributed by atoms with E-state index in [0.717, 1.165) is 30.3 Å². The number of hydrogen-bond donors (Lipinski definition) is 2. The van der Waals surface area contributed by atoms with Gasteiger partial charge in [-0.15, -0.1) is 0 Å². The van der Waals surface area contributed by atoms with Gasteiger partial charge in [-0.2, -0.15) is 0 Å². The van der Waals surface area contributed by atoms with Gasteiger partial charge in [-0.05, 0) is 41.3 Å². The van der Waals surface area contributed by atoms with E-state index in [1.807, 2.05) is 16.8 Å². The van der Waals surface area contributed by atoms with Gasteiger partial charge in [-0.3, -0.25) is 4.79 Å². The number of hydrogen-bond acceptors (Lipinski definition) is 2. The Balaban J connectivity index is 2.94. The van der Waals surface area contributed by atoms with Crippen LogP contribution in [0, 0.1) is 0 Å². The summed E-state index contributed by atoms with van der Waals surface area (Å²) in [5.41, 5.74) is 6.21. The molecular weight excluding hydrogens is 306 g/mol. The first-order valence-corrected chi connectivity index (χ1v) is 7.69. The third kappa shape index (κ3) is 3.83. The van der Waals surface area contributed by atoms with E-state index < -0.39 is 0 Å². The van der Waals surface area contributed by atoms with Crippen LogP contribution in [-0.2, 0) is 6.54 Å². The predicted molar refractivity (Wildman–Crippen MR) is 82.3 cm³/mol. The van der Waals surface area contributed by atoms with Crippen LogP contribution >= 0.6 is 15.9 Å². The molecule has 1 amide bonds. The fourth-order valence-electron chi connectivity index (χ4n) is 2.16. The Kier molecular flexibility index (Phi) is 6.07. The highest BCUT2D eigenvalue weighted by atomic mass is 79.9. The van der Waals surface area contributed by atoms with E-state index in [0.29, 0.717) is 12.2 Å². The van der Waals surface area contributed by atoms with Gasteiger partial charge in [0.05, 0.1) is 5.54 Å². The quantitative estimate of drug-likeness (QED) is 0.807. The van der Waals surface area contributed by atoms with Crippen molar-refractivity contribution in [1.82, 2.24) is 9.88 Å². The lowest BCUT2D eigenvalue weighted by molar-refractivity contribution is 0.0885. The minimum absolute atomic E-state index is 0.0479. The molecule has 5 heteroatoms. The maximum atomic E-state index is 12.4. The van der Waals surface area contributed by atoms with Crippen LogP contribution in [-0.4, -0.2) is 22.6 Å². The number of halogens is 1. The maximum Gasteiger partial charge on any atom is 0.268 e. The monoisotopic (exact) mass is 329 g/mol. The van der Waals surface area contributed by atoms with Crippen LogP contribution in [0.5, 0.6) is 0 Å². The first kappa shape index (κ1) is 16.2. The Morgan fingerprint density at radius 2 is 2.05 bits per heavy atom. The number of nitrogens with one attached hydrogen (secondary N) is 1. The Morgan fingerprint density at radius 1 is 1.42 bits per heavy atom. The van der Waals surface area contributed by atoms with Crippen molar-refractivity contribution in [1.29, 1.82) is 0 Å². The lowest BCUT2D eigenvalue weighted by Crippen LogP contribution is -2.53. The SMILES string of the molecule is CCCn1cc(Br)cc1C(=O)NC(CC)(CC)CN. The molecule has 1 aromatic rings. The number of carbonyl (C=O) groups excluding carboxylic acids is 1. The van der Waals surface area contributed by atoms with E-state index in [9.17, 15) is 4.79 Å². The minimum Gasteiger partial charge on any atom is -0.344 e. The van der Waals surface area contributed by atoms with Crippen molar-refractivity contribution in [3.8, 4) is 0 Å². The summed E-state index contributed by atoms with van der Waals surface area (Å²) in [4.78, 5) is 12.4. The molecule has 1 heterocycles. The second-order valence-electron chi connectivity index (χ2n) is 4.88. The molecule has 0 fully saturated rings. The van der Waals surface area contributed by atoms with Crippen molar-refractivity contribution in [2.75, 3.05) is 6.54 Å². The van der Waals surface area contributed by atoms with E-state index in [1.165, 1.54) is 0 Å². The molecule has 0 saturated heterocycles. The van der Waals surface area contributed by atoms with Crippen LogP contribution in [0.25, 0.3) is 0 Å². The average Bonchev–Trinajstić information content (AvgIpc) is 2.77. The summed E-state index contributed by atoms with van der Waals surface area (Å²) in [6.45, 7) is 7.50. The smallest absolute Gasteiger partial charge is 0.268 e. The van der Waals surface area contributed by atoms with E-state index in [4.69, 9.17) is 5.73 Å². The third-order valence-electron chi connectivity index (χ3n) is 3.68. The molecule has 1 rings (SSSR count). The summed E-state index contributed by atoms with van der Waals surface area (Å²) >= 11 is 3.43. The van der Waals surface area contributed by atoms with Crippen molar-refractivity contribution in [3.05, 3.63) is 22.4 Å². The molecule has 0 bridgehead atoms. The number of aromatic nitrogens is 1. The molecular formula is C14H24BrN3O. The van der Waals surface area contributed by atoms with Gasteiger partial charge in [0.15, 0.2) is 0 Å². The molecule has 0 aromatic carbocycles. The number of amides is 1. The number of carbonyl (C=O) groups is 1. The molecule has 0 unspecified atom stereocenters. The fourth-order valence-corrected chi connectivity index (χ4v) is 2.63. The summed E-state index contributed by atoms with van der Waals surface area (Å²) in [5, 5.41) is 3.10. The Bertz CT molecular complexity index is 416. The molecule has 4 nitrogen and oxygen atoms in total. The fraction of sp³-hybridized carbons (Fsp3) is 0.643. The zero-order valence-electron chi connectivity index (χ0n) is 12.0. The van der Waals surface area contributed by atoms with E-state index in [-0.39, 0.29) is 11.4 Å². The van der Waals surface area contributed by atoms with Crippen LogP contribution in [0.4, 0.5) is 0 Å². The summed E-state index contributed by atoms with van der Waals surface area (Å²) in [7, 11) is 0. The summed E-state index contributed by atoms with van der Waals surface area (Å²) in [6, 6.07) is 1.86. The topological polar surface area (TPSA) is 60.0 Å². The highest BCUT2D eigenvalue weighted by Crippen LogP contribution is 2.18. The van der Waals surface area contributed by atoms with Crippen LogP contribution in [0.1, 0.15) is 50.5 Å². The average molecular weight is 330 g/mol. The van der Waals surface area contributed by atoms with Gasteiger partial charge in [0.1, 0.15) is 5.69 Å². The zero-order valence-corrected chi connectivity index (χ0v) is 13.6. The van der Waals surface area contributed by atoms with Crippen molar-refractivity contribution in [2.24, 2.45) is 5.73 Å². The predicted octanol–water partition coefficient (Wildman–Crippen LogP) is 2.91. The van der Waals surface area contributed by atoms with Gasteiger partial charge < -0.3 is 15.6 Å². The molecule has 3 N–H and O–H groups in total. The van der Waals surface area contributed by atoms with Crippen LogP contribution in [0.15, 0.2) is 16.7 Å². The first-order valence-electron chi connectivity index (χ1n) is 6.90. The Hall–Kier alpha value is -0.810. The van der Waals surface area contributed by atoms with Gasteiger partial charge >= 0.3 is 0 Å². The van der Waals surface area contributed by atoms with Crippen LogP contribution < -0.4 is 11.1 Å². The van der Waals surface area contributed by atoms with Gasteiger partial charge in [-0.25, -0.2) is 0 Å². The van der Waals surface area contributed by atoms with Gasteiger partial charge in [0.2, 0.25) is 0 Å². The van der Waals surface area contributed by atoms with Crippen LogP contribution in [0.2, 0.25) is 0 Å². The molecule has 1 aromatic heterocycles. The second-order valence-corrected chi connectivity index (χ2v) is 5.80. The molecule has 0 aliphatic heterocycles. The van der Waals surface area contributed by atoms with Crippen LogP contribution in [0.3, 0.4) is 0 Å². The summed E-state index contributed by atoms with van der Waals surface area (Å²) < 4.78 is 2.91. The van der Waals surface area contributed by atoms with Gasteiger partial charge in [0.25, 0.3) is 5.91 Å². The van der Waals surface area contributed by atoms with Gasteiger partial charge in [-0.1, -0.05) is 20.8 Å². The Labute approximate surface area is 123 Å². The second kappa shape index (κ2) is 7.10. The lowest BCUT2D eigenvalue weighted by atomic mass is 9.93. The molecule has 0 aliphatic carbocycles. The minimum atomic E-state index is -0.301. The summed E-state index contributed by atoms with van der Waals surface area (Å²) in [5.74, 6) is -0.0479. The molecule has 0 spiro atoms. The highest BCUT2D eigenvalue weighted by molar-refractivity contribution is 9.10. The highest BCUT2D eigenvalue weighted by Gasteiger charge is 2.27. The Morgan fingerprint density at radius 3 is 2.53 bits per heavy atom. The van der Waals surface area contributed by atoms with Gasteiger partial charge in [0, 0.05) is 23.8 Å². The van der Waals surface area contributed by atoms with E-state index in [2.05, 4.69) is 42.0 Å². The normalized spacial score (nSPS) is 11.6. The molecule has 19 heavy (non-hydrogen) atoms. The van der Waals surface area contributed by atoms with Crippen molar-refractivity contribution < 1.29 is 4.79 Å². The molecule has 108 valence electrons. The zero-order chi connectivity index (χ0) is 14.5. The lowest BCUT2D eigenvalue weighted by Gasteiger charge is -2.31. The van der Waals surface area contributed by atoms with Crippen molar-refractivity contribution in [2.45, 2.75) is 52.1 Å². The third-order valence-corrected chi connectivity index (χ3v) is 4.12. The van der Waals surface area contributed by atoms with E-state index >= 15 is 0 Å².